The first-order chi connectivity index (χ1) is 9.54. The third-order valence-corrected chi connectivity index (χ3v) is 3.61. The second kappa shape index (κ2) is 4.67. The molecule has 0 saturated carbocycles. The van der Waals surface area contributed by atoms with Gasteiger partial charge >= 0.3 is 12.0 Å². The highest BCUT2D eigenvalue weighted by Crippen LogP contribution is 2.46. The molecule has 0 aromatic heterocycles. The highest BCUT2D eigenvalue weighted by Gasteiger charge is 2.71. The average Bonchev–Trinajstić information content (AvgIpc) is 2.41. The van der Waals surface area contributed by atoms with Crippen LogP contribution in [0, 0.1) is 0 Å². The predicted octanol–water partition coefficient (Wildman–Crippen LogP) is 1.78. The Morgan fingerprint density at radius 1 is 1.29 bits per heavy atom. The number of methoxy groups -OCH3 is 1. The number of fused-ring (bicyclic) bond motifs is 1. The van der Waals surface area contributed by atoms with Gasteiger partial charge in [-0.1, -0.05) is 6.07 Å². The number of carbonyl (C=O) groups excluding carboxylic acids is 1. The topological polar surface area (TPSA) is 66.8 Å². The summed E-state index contributed by atoms with van der Waals surface area (Å²) in [6.45, 7) is 0. The molecule has 1 aliphatic carbocycles. The Labute approximate surface area is 117 Å². The van der Waals surface area contributed by atoms with Gasteiger partial charge in [-0.25, -0.2) is 4.39 Å². The Bertz CT molecular complexity index is 582. The second-order valence-corrected chi connectivity index (χ2v) is 4.82. The third-order valence-electron chi connectivity index (χ3n) is 3.61. The molecule has 1 aromatic rings. The molecule has 1 unspecified atom stereocenters. The van der Waals surface area contributed by atoms with Gasteiger partial charge in [0.2, 0.25) is 11.5 Å². The summed E-state index contributed by atoms with van der Waals surface area (Å²) in [4.78, 5) is 12.0. The Balaban J connectivity index is 2.53. The molecule has 8 heteroatoms. The van der Waals surface area contributed by atoms with Crippen molar-refractivity contribution in [1.29, 1.82) is 0 Å². The summed E-state index contributed by atoms with van der Waals surface area (Å²) in [6, 6.07) is 3.99. The van der Waals surface area contributed by atoms with Crippen LogP contribution in [0.2, 0.25) is 0 Å². The lowest BCUT2D eigenvalue weighted by Gasteiger charge is -2.39. The molecule has 1 atom stereocenters. The molecule has 0 saturated heterocycles. The maximum absolute atomic E-state index is 14.5. The molecule has 0 spiro atoms. The van der Waals surface area contributed by atoms with Crippen molar-refractivity contribution < 1.29 is 37.3 Å². The van der Waals surface area contributed by atoms with Crippen LogP contribution in [0.25, 0.3) is 0 Å². The number of alkyl halides is 4. The summed E-state index contributed by atoms with van der Waals surface area (Å²) in [5.41, 5.74) is -3.88. The third kappa shape index (κ3) is 2.18. The quantitative estimate of drug-likeness (QED) is 0.645. The van der Waals surface area contributed by atoms with Crippen molar-refractivity contribution >= 4 is 5.78 Å². The Morgan fingerprint density at radius 3 is 2.43 bits per heavy atom. The Kier molecular flexibility index (Phi) is 3.50. The van der Waals surface area contributed by atoms with Gasteiger partial charge in [-0.15, -0.1) is 0 Å². The fourth-order valence-corrected chi connectivity index (χ4v) is 2.30. The second-order valence-electron chi connectivity index (χ2n) is 4.82. The predicted molar refractivity (Wildman–Crippen MR) is 62.7 cm³/mol. The molecule has 0 aliphatic heterocycles. The smallest absolute Gasteiger partial charge is 0.446 e. The van der Waals surface area contributed by atoms with Crippen LogP contribution in [0.15, 0.2) is 18.2 Å². The molecule has 0 radical (unpaired) electrons. The van der Waals surface area contributed by atoms with E-state index in [0.717, 1.165) is 6.07 Å². The number of benzene rings is 1. The van der Waals surface area contributed by atoms with E-state index < -0.39 is 29.8 Å². The van der Waals surface area contributed by atoms with Crippen LogP contribution in [0.3, 0.4) is 0 Å². The van der Waals surface area contributed by atoms with E-state index in [1.165, 1.54) is 19.2 Å². The highest BCUT2D eigenvalue weighted by molar-refractivity contribution is 6.05. The van der Waals surface area contributed by atoms with Crippen molar-refractivity contribution in [3.63, 3.8) is 0 Å². The standard InChI is InChI=1S/C13H12F4O4/c1-21-8-3-2-7-4-5-11(14,10(18)9(7)6-8)12(19,20)13(15,16)17/h2-3,6,19-20H,4-5H2,1H3. The zero-order chi connectivity index (χ0) is 16.1. The summed E-state index contributed by atoms with van der Waals surface area (Å²) in [6.07, 6.45) is -6.91. The van der Waals surface area contributed by atoms with Crippen molar-refractivity contribution in [2.75, 3.05) is 7.11 Å². The van der Waals surface area contributed by atoms with Crippen LogP contribution in [-0.2, 0) is 6.42 Å². The molecular weight excluding hydrogens is 296 g/mol. The number of Topliss-reactive ketones (excluding diaryl/α,β-unsaturated/α-hetero) is 1. The maximum atomic E-state index is 14.5. The minimum atomic E-state index is -5.70. The number of halogens is 4. The SMILES string of the molecule is COc1ccc2c(c1)C(=O)C(F)(C(O)(O)C(F)(F)F)CC2. The maximum Gasteiger partial charge on any atom is 0.446 e. The van der Waals surface area contributed by atoms with E-state index in [2.05, 4.69) is 0 Å². The van der Waals surface area contributed by atoms with Gasteiger partial charge in [0.05, 0.1) is 7.11 Å². The number of hydrogen-bond donors (Lipinski definition) is 2. The first kappa shape index (κ1) is 15.7. The molecule has 4 nitrogen and oxygen atoms in total. The zero-order valence-corrected chi connectivity index (χ0v) is 10.9. The van der Waals surface area contributed by atoms with Crippen LogP contribution in [0.4, 0.5) is 17.6 Å². The lowest BCUT2D eigenvalue weighted by Crippen LogP contribution is -2.65. The number of ketones is 1. The van der Waals surface area contributed by atoms with E-state index in [1.807, 2.05) is 0 Å². The van der Waals surface area contributed by atoms with E-state index in [9.17, 15) is 22.4 Å². The van der Waals surface area contributed by atoms with Crippen LogP contribution < -0.4 is 4.74 Å². The van der Waals surface area contributed by atoms with Crippen LogP contribution in [0.1, 0.15) is 22.3 Å². The minimum Gasteiger partial charge on any atom is -0.497 e. The van der Waals surface area contributed by atoms with Gasteiger partial charge in [-0.05, 0) is 30.5 Å². The number of ether oxygens (including phenoxy) is 1. The zero-order valence-electron chi connectivity index (χ0n) is 10.9. The first-order valence-electron chi connectivity index (χ1n) is 5.96. The molecule has 2 rings (SSSR count). The fraction of sp³-hybridized carbons (Fsp3) is 0.462. The summed E-state index contributed by atoms with van der Waals surface area (Å²) in [5, 5.41) is 18.3. The van der Waals surface area contributed by atoms with Gasteiger partial charge in [0, 0.05) is 5.56 Å². The van der Waals surface area contributed by atoms with Gasteiger partial charge in [-0.3, -0.25) is 4.79 Å². The fourth-order valence-electron chi connectivity index (χ4n) is 2.30. The molecule has 1 aromatic carbocycles. The van der Waals surface area contributed by atoms with Crippen molar-refractivity contribution in [1.82, 2.24) is 0 Å². The summed E-state index contributed by atoms with van der Waals surface area (Å²) in [7, 11) is 1.27. The van der Waals surface area contributed by atoms with E-state index in [4.69, 9.17) is 14.9 Å². The first-order valence-corrected chi connectivity index (χ1v) is 5.96. The summed E-state index contributed by atoms with van der Waals surface area (Å²) < 4.78 is 57.3. The van der Waals surface area contributed by atoms with E-state index in [0.29, 0.717) is 5.56 Å². The van der Waals surface area contributed by atoms with Gasteiger partial charge in [0.25, 0.3) is 0 Å². The van der Waals surface area contributed by atoms with Crippen molar-refractivity contribution in [2.24, 2.45) is 0 Å². The normalized spacial score (nSPS) is 22.9. The van der Waals surface area contributed by atoms with Crippen molar-refractivity contribution in [2.45, 2.75) is 30.5 Å². The highest BCUT2D eigenvalue weighted by atomic mass is 19.4. The minimum absolute atomic E-state index is 0.153. The summed E-state index contributed by atoms with van der Waals surface area (Å²) >= 11 is 0. The van der Waals surface area contributed by atoms with Crippen molar-refractivity contribution in [3.05, 3.63) is 29.3 Å². The van der Waals surface area contributed by atoms with Crippen molar-refractivity contribution in [3.8, 4) is 5.75 Å². The number of hydrogen-bond acceptors (Lipinski definition) is 4. The Morgan fingerprint density at radius 2 is 1.90 bits per heavy atom. The number of aryl methyl sites for hydroxylation is 1. The lowest BCUT2D eigenvalue weighted by molar-refractivity contribution is -0.383. The number of rotatable bonds is 2. The van der Waals surface area contributed by atoms with Gasteiger partial charge < -0.3 is 14.9 Å². The van der Waals surface area contributed by atoms with E-state index in [-0.39, 0.29) is 17.7 Å². The molecule has 0 bridgehead atoms. The van der Waals surface area contributed by atoms with Gasteiger partial charge in [-0.2, -0.15) is 13.2 Å². The molecule has 21 heavy (non-hydrogen) atoms. The molecule has 1 aliphatic rings. The van der Waals surface area contributed by atoms with Crippen LogP contribution >= 0.6 is 0 Å². The number of carbonyl (C=O) groups is 1. The summed E-state index contributed by atoms with van der Waals surface area (Å²) in [5.74, 6) is -6.22. The monoisotopic (exact) mass is 308 g/mol. The van der Waals surface area contributed by atoms with Crippen LogP contribution in [0.5, 0.6) is 5.75 Å². The van der Waals surface area contributed by atoms with E-state index >= 15 is 0 Å². The van der Waals surface area contributed by atoms with Gasteiger partial charge in [0.15, 0.2) is 0 Å². The molecule has 116 valence electrons. The molecule has 0 amide bonds. The largest absolute Gasteiger partial charge is 0.497 e. The molecule has 0 fully saturated rings. The number of aliphatic hydroxyl groups is 2. The average molecular weight is 308 g/mol. The lowest BCUT2D eigenvalue weighted by atomic mass is 9.75. The molecular formula is C13H12F4O4. The molecule has 2 N–H and O–H groups in total. The van der Waals surface area contributed by atoms with E-state index in [1.54, 1.807) is 0 Å². The Hall–Kier alpha value is -1.67. The molecule has 0 heterocycles. The van der Waals surface area contributed by atoms with Crippen LogP contribution in [-0.4, -0.2) is 40.7 Å². The van der Waals surface area contributed by atoms with Gasteiger partial charge in [0.1, 0.15) is 5.75 Å².